The summed E-state index contributed by atoms with van der Waals surface area (Å²) in [7, 11) is 0. The molecule has 0 aromatic carbocycles. The smallest absolute Gasteiger partial charge is 0.371 e. The van der Waals surface area contributed by atoms with E-state index < -0.39 is 34.6 Å². The van der Waals surface area contributed by atoms with Crippen molar-refractivity contribution in [2.75, 3.05) is 13.2 Å². The van der Waals surface area contributed by atoms with Gasteiger partial charge in [0.15, 0.2) is 12.2 Å². The van der Waals surface area contributed by atoms with Crippen LogP contribution in [0.3, 0.4) is 0 Å². The zero-order valence-electron chi connectivity index (χ0n) is 8.88. The van der Waals surface area contributed by atoms with Gasteiger partial charge in [0.25, 0.3) is 10.2 Å². The molecule has 2 fully saturated rings. The summed E-state index contributed by atoms with van der Waals surface area (Å²) >= 11 is 0. The van der Waals surface area contributed by atoms with Crippen molar-refractivity contribution in [1.82, 2.24) is 0 Å². The number of hydrogen-bond donors (Lipinski definition) is 0. The third-order valence-corrected chi connectivity index (χ3v) is 2.41. The Hall–Kier alpha value is -0.680. The SMILES string of the molecule is O=[N+]([O-])O[C@H]1CO[C@H]2[C@@H]1OC[C@H]2O[N+](=O)[O-].[Na+]. The molecule has 0 radical (unpaired) electrons. The van der Waals surface area contributed by atoms with Crippen molar-refractivity contribution >= 4 is 0 Å². The molecular weight excluding hydrogens is 251 g/mol. The van der Waals surface area contributed by atoms with Crippen molar-refractivity contribution in [1.29, 1.82) is 0 Å². The third kappa shape index (κ3) is 3.16. The van der Waals surface area contributed by atoms with Crippen LogP contribution < -0.4 is 29.6 Å². The summed E-state index contributed by atoms with van der Waals surface area (Å²) in [4.78, 5) is 28.9. The van der Waals surface area contributed by atoms with Crippen molar-refractivity contribution in [3.63, 3.8) is 0 Å². The maximum Gasteiger partial charge on any atom is 1.00 e. The fourth-order valence-electron chi connectivity index (χ4n) is 1.83. The van der Waals surface area contributed by atoms with Gasteiger partial charge < -0.3 is 19.1 Å². The summed E-state index contributed by atoms with van der Waals surface area (Å²) in [6.07, 6.45) is -3.12. The van der Waals surface area contributed by atoms with E-state index in [-0.39, 0.29) is 42.8 Å². The molecule has 2 saturated heterocycles. The quantitative estimate of drug-likeness (QED) is 0.284. The van der Waals surface area contributed by atoms with E-state index in [2.05, 4.69) is 9.68 Å². The zero-order valence-corrected chi connectivity index (χ0v) is 10.9. The Balaban J connectivity index is 0.00000144. The predicted molar refractivity (Wildman–Crippen MR) is 43.2 cm³/mol. The van der Waals surface area contributed by atoms with E-state index in [9.17, 15) is 20.2 Å². The molecule has 0 bridgehead atoms. The molecule has 0 amide bonds. The Bertz CT molecular complexity index is 284. The minimum Gasteiger partial charge on any atom is -0.371 e. The van der Waals surface area contributed by atoms with Crippen LogP contribution in [0.4, 0.5) is 0 Å². The van der Waals surface area contributed by atoms with Crippen LogP contribution in [0.5, 0.6) is 0 Å². The van der Waals surface area contributed by atoms with Gasteiger partial charge >= 0.3 is 29.6 Å². The molecule has 0 aromatic heterocycles. The second kappa shape index (κ2) is 5.78. The van der Waals surface area contributed by atoms with E-state index in [1.807, 2.05) is 0 Å². The first-order chi connectivity index (χ1) is 7.58. The summed E-state index contributed by atoms with van der Waals surface area (Å²) in [6.45, 7) is -0.0955. The molecule has 0 aliphatic carbocycles. The first-order valence-electron chi connectivity index (χ1n) is 4.43. The summed E-state index contributed by atoms with van der Waals surface area (Å²) in [5.41, 5.74) is 0. The van der Waals surface area contributed by atoms with Crippen LogP contribution in [-0.4, -0.2) is 47.8 Å². The number of rotatable bonds is 4. The number of fused-ring (bicyclic) bond motifs is 1. The van der Waals surface area contributed by atoms with Crippen molar-refractivity contribution in [2.24, 2.45) is 0 Å². The number of hydrogen-bond acceptors (Lipinski definition) is 8. The Labute approximate surface area is 117 Å². The zero-order chi connectivity index (χ0) is 11.7. The Morgan fingerprint density at radius 1 is 0.941 bits per heavy atom. The van der Waals surface area contributed by atoms with E-state index in [1.54, 1.807) is 0 Å². The molecule has 0 unspecified atom stereocenters. The topological polar surface area (TPSA) is 123 Å². The minimum absolute atomic E-state index is 0. The van der Waals surface area contributed by atoms with Crippen molar-refractivity contribution in [3.8, 4) is 0 Å². The average molecular weight is 259 g/mol. The molecule has 2 aliphatic heterocycles. The molecule has 2 aliphatic rings. The van der Waals surface area contributed by atoms with Crippen molar-refractivity contribution in [2.45, 2.75) is 24.4 Å². The molecule has 2 rings (SSSR count). The normalized spacial score (nSPS) is 34.6. The Morgan fingerprint density at radius 2 is 1.29 bits per heavy atom. The molecule has 4 atom stereocenters. The largest absolute Gasteiger partial charge is 1.00 e. The third-order valence-electron chi connectivity index (χ3n) is 2.41. The predicted octanol–water partition coefficient (Wildman–Crippen LogP) is -4.06. The van der Waals surface area contributed by atoms with E-state index in [1.165, 1.54) is 0 Å². The monoisotopic (exact) mass is 259 g/mol. The maximum absolute atomic E-state index is 10.1. The van der Waals surface area contributed by atoms with Crippen LogP contribution in [0.25, 0.3) is 0 Å². The van der Waals surface area contributed by atoms with Crippen LogP contribution in [-0.2, 0) is 19.1 Å². The van der Waals surface area contributed by atoms with Gasteiger partial charge in [-0.15, -0.1) is 20.2 Å². The van der Waals surface area contributed by atoms with Gasteiger partial charge in [-0.25, -0.2) is 0 Å². The molecule has 0 N–H and O–H groups in total. The second-order valence-corrected chi connectivity index (χ2v) is 3.33. The van der Waals surface area contributed by atoms with Gasteiger partial charge in [0.2, 0.25) is 0 Å². The molecule has 11 heteroatoms. The van der Waals surface area contributed by atoms with Crippen molar-refractivity contribution < 1.29 is 58.9 Å². The molecular formula is C6H8N2NaO8+. The van der Waals surface area contributed by atoms with Crippen LogP contribution in [0.2, 0.25) is 0 Å². The van der Waals surface area contributed by atoms with Gasteiger partial charge in [-0.1, -0.05) is 0 Å². The van der Waals surface area contributed by atoms with Crippen molar-refractivity contribution in [3.05, 3.63) is 20.2 Å². The first-order valence-corrected chi connectivity index (χ1v) is 4.43. The van der Waals surface area contributed by atoms with Gasteiger partial charge in [-0.3, -0.25) is 0 Å². The van der Waals surface area contributed by atoms with Gasteiger partial charge in [-0.2, -0.15) is 0 Å². The van der Waals surface area contributed by atoms with E-state index in [0.29, 0.717) is 0 Å². The van der Waals surface area contributed by atoms with Crippen LogP contribution in [0.15, 0.2) is 0 Å². The van der Waals surface area contributed by atoms with Crippen LogP contribution >= 0.6 is 0 Å². The summed E-state index contributed by atoms with van der Waals surface area (Å²) in [6, 6.07) is 0. The van der Waals surface area contributed by atoms with Gasteiger partial charge in [0.1, 0.15) is 12.2 Å². The summed E-state index contributed by atoms with van der Waals surface area (Å²) < 4.78 is 10.2. The van der Waals surface area contributed by atoms with Gasteiger partial charge in [-0.05, 0) is 0 Å². The Kier molecular flexibility index (Phi) is 4.89. The molecule has 0 saturated carbocycles. The van der Waals surface area contributed by atoms with E-state index in [4.69, 9.17) is 9.47 Å². The van der Waals surface area contributed by atoms with Crippen LogP contribution in [0, 0.1) is 20.2 Å². The molecule has 0 spiro atoms. The van der Waals surface area contributed by atoms with Gasteiger partial charge in [0, 0.05) is 0 Å². The molecule has 17 heavy (non-hydrogen) atoms. The maximum atomic E-state index is 10.1. The fraction of sp³-hybridized carbons (Fsp3) is 1.00. The number of nitrogens with zero attached hydrogens (tertiary/aromatic N) is 2. The van der Waals surface area contributed by atoms with Gasteiger partial charge in [0.05, 0.1) is 13.2 Å². The Morgan fingerprint density at radius 3 is 1.59 bits per heavy atom. The number of ether oxygens (including phenoxy) is 2. The second-order valence-electron chi connectivity index (χ2n) is 3.33. The molecule has 0 aromatic rings. The first kappa shape index (κ1) is 14.4. The summed E-state index contributed by atoms with van der Waals surface area (Å²) in [5, 5.41) is 18.4. The average Bonchev–Trinajstić information content (AvgIpc) is 2.70. The molecule has 2 heterocycles. The standard InChI is InChI=1S/C6H8N2O8.Na/c9-7(10)15-3-1-13-6-4(16-8(11)12)2-14-5(3)6;/h3-6H,1-2H2;/q;+1/t3-,4+,5-,6-;/m1./s1. The van der Waals surface area contributed by atoms with E-state index >= 15 is 0 Å². The molecule has 10 nitrogen and oxygen atoms in total. The summed E-state index contributed by atoms with van der Waals surface area (Å²) in [5.74, 6) is 0. The van der Waals surface area contributed by atoms with E-state index in [0.717, 1.165) is 0 Å². The fourth-order valence-corrected chi connectivity index (χ4v) is 1.83. The molecule has 90 valence electrons. The minimum atomic E-state index is -0.943. The van der Waals surface area contributed by atoms with Crippen LogP contribution in [0.1, 0.15) is 0 Å².